The lowest BCUT2D eigenvalue weighted by Crippen LogP contribution is -2.14. The lowest BCUT2D eigenvalue weighted by Gasteiger charge is -2.20. The van der Waals surface area contributed by atoms with Gasteiger partial charge in [-0.05, 0) is 30.7 Å². The van der Waals surface area contributed by atoms with E-state index in [-0.39, 0.29) is 0 Å². The molecule has 2 aromatic rings. The van der Waals surface area contributed by atoms with E-state index >= 15 is 0 Å². The topological polar surface area (TPSA) is 42.1 Å². The maximum Gasteiger partial charge on any atom is 0.132 e. The van der Waals surface area contributed by atoms with Crippen molar-refractivity contribution in [3.63, 3.8) is 0 Å². The fourth-order valence-corrected chi connectivity index (χ4v) is 1.91. The van der Waals surface area contributed by atoms with Gasteiger partial charge in [-0.25, -0.2) is 4.98 Å². The number of pyridine rings is 1. The van der Waals surface area contributed by atoms with Gasteiger partial charge in [0.2, 0.25) is 0 Å². The summed E-state index contributed by atoms with van der Waals surface area (Å²) < 4.78 is 0. The standard InChI is InChI=1S/C14H15N3S/c1-10-5-3-4-6-12(10)17(2)13-8-7-11(9-16-13)14(15)18/h3-9H,1-2H3,(H2,15,18). The number of nitrogens with two attached hydrogens (primary N) is 1. The maximum absolute atomic E-state index is 5.55. The van der Waals surface area contributed by atoms with Gasteiger partial charge >= 0.3 is 0 Å². The Kier molecular flexibility index (Phi) is 3.58. The molecule has 0 saturated carbocycles. The molecule has 0 spiro atoms. The van der Waals surface area contributed by atoms with Crippen molar-refractivity contribution in [1.29, 1.82) is 0 Å². The molecule has 0 saturated heterocycles. The third kappa shape index (κ3) is 2.49. The minimum Gasteiger partial charge on any atom is -0.389 e. The van der Waals surface area contributed by atoms with Gasteiger partial charge in [0.1, 0.15) is 10.8 Å². The molecule has 0 aliphatic heterocycles. The van der Waals surface area contributed by atoms with Gasteiger partial charge in [-0.15, -0.1) is 0 Å². The second kappa shape index (κ2) is 5.14. The Balaban J connectivity index is 2.32. The van der Waals surface area contributed by atoms with E-state index in [1.165, 1.54) is 5.56 Å². The van der Waals surface area contributed by atoms with Gasteiger partial charge in [0, 0.05) is 24.5 Å². The SMILES string of the molecule is Cc1ccccc1N(C)c1ccc(C(N)=S)cn1. The molecule has 0 atom stereocenters. The Morgan fingerprint density at radius 3 is 2.50 bits per heavy atom. The summed E-state index contributed by atoms with van der Waals surface area (Å²) >= 11 is 4.91. The van der Waals surface area contributed by atoms with Gasteiger partial charge < -0.3 is 10.6 Å². The summed E-state index contributed by atoms with van der Waals surface area (Å²) in [5.41, 5.74) is 8.68. The van der Waals surface area contributed by atoms with Crippen LogP contribution in [-0.2, 0) is 0 Å². The summed E-state index contributed by atoms with van der Waals surface area (Å²) in [4.78, 5) is 6.78. The van der Waals surface area contributed by atoms with Crippen LogP contribution in [0.25, 0.3) is 0 Å². The zero-order valence-corrected chi connectivity index (χ0v) is 11.2. The molecule has 0 fully saturated rings. The number of thiocarbonyl (C=S) groups is 1. The van der Waals surface area contributed by atoms with Crippen molar-refractivity contribution in [3.8, 4) is 0 Å². The maximum atomic E-state index is 5.55. The second-order valence-electron chi connectivity index (χ2n) is 4.11. The summed E-state index contributed by atoms with van der Waals surface area (Å²) in [6, 6.07) is 12.0. The monoisotopic (exact) mass is 257 g/mol. The number of anilines is 2. The smallest absolute Gasteiger partial charge is 0.132 e. The van der Waals surface area contributed by atoms with E-state index in [4.69, 9.17) is 18.0 Å². The van der Waals surface area contributed by atoms with Gasteiger partial charge in [0.05, 0.1) is 0 Å². The number of nitrogens with zero attached hydrogens (tertiary/aromatic N) is 2. The second-order valence-corrected chi connectivity index (χ2v) is 4.55. The van der Waals surface area contributed by atoms with Crippen LogP contribution in [0.3, 0.4) is 0 Å². The average molecular weight is 257 g/mol. The predicted octanol–water partition coefficient (Wildman–Crippen LogP) is 2.79. The largest absolute Gasteiger partial charge is 0.389 e. The molecule has 4 heteroatoms. The van der Waals surface area contributed by atoms with Crippen LogP contribution in [-0.4, -0.2) is 17.0 Å². The summed E-state index contributed by atoms with van der Waals surface area (Å²) in [6.07, 6.45) is 1.70. The molecule has 1 aromatic heterocycles. The van der Waals surface area contributed by atoms with Crippen molar-refractivity contribution in [2.75, 3.05) is 11.9 Å². The lowest BCUT2D eigenvalue weighted by molar-refractivity contribution is 1.11. The van der Waals surface area contributed by atoms with Crippen molar-refractivity contribution in [2.24, 2.45) is 5.73 Å². The van der Waals surface area contributed by atoms with Crippen LogP contribution in [0.2, 0.25) is 0 Å². The lowest BCUT2D eigenvalue weighted by atomic mass is 10.2. The molecule has 0 aliphatic rings. The fourth-order valence-electron chi connectivity index (χ4n) is 1.79. The third-order valence-corrected chi connectivity index (χ3v) is 3.09. The first-order valence-corrected chi connectivity index (χ1v) is 6.05. The molecule has 0 amide bonds. The highest BCUT2D eigenvalue weighted by Gasteiger charge is 2.07. The van der Waals surface area contributed by atoms with Gasteiger partial charge in [0.25, 0.3) is 0 Å². The van der Waals surface area contributed by atoms with Crippen molar-refractivity contribution in [3.05, 3.63) is 53.7 Å². The quantitative estimate of drug-likeness (QED) is 0.859. The number of benzene rings is 1. The van der Waals surface area contributed by atoms with E-state index in [1.54, 1.807) is 6.20 Å². The molecule has 3 nitrogen and oxygen atoms in total. The summed E-state index contributed by atoms with van der Waals surface area (Å²) in [6.45, 7) is 2.08. The van der Waals surface area contributed by atoms with E-state index in [0.29, 0.717) is 4.99 Å². The molecule has 2 rings (SSSR count). The number of aromatic nitrogens is 1. The summed E-state index contributed by atoms with van der Waals surface area (Å²) in [5.74, 6) is 0.865. The molecular formula is C14H15N3S. The van der Waals surface area contributed by atoms with Crippen LogP contribution in [0.5, 0.6) is 0 Å². The Morgan fingerprint density at radius 2 is 1.94 bits per heavy atom. The van der Waals surface area contributed by atoms with Crippen LogP contribution in [0.1, 0.15) is 11.1 Å². The molecule has 92 valence electrons. The highest BCUT2D eigenvalue weighted by Crippen LogP contribution is 2.24. The highest BCUT2D eigenvalue weighted by molar-refractivity contribution is 7.80. The normalized spacial score (nSPS) is 10.1. The minimum absolute atomic E-state index is 0.368. The predicted molar refractivity (Wildman–Crippen MR) is 79.4 cm³/mol. The number of hydrogen-bond donors (Lipinski definition) is 1. The van der Waals surface area contributed by atoms with Crippen LogP contribution in [0.4, 0.5) is 11.5 Å². The molecule has 0 unspecified atom stereocenters. The Morgan fingerprint density at radius 1 is 1.22 bits per heavy atom. The Labute approximate surface area is 112 Å². The fraction of sp³-hybridized carbons (Fsp3) is 0.143. The van der Waals surface area contributed by atoms with E-state index in [2.05, 4.69) is 24.0 Å². The summed E-state index contributed by atoms with van der Waals surface area (Å²) in [7, 11) is 1.99. The first-order chi connectivity index (χ1) is 8.59. The third-order valence-electron chi connectivity index (χ3n) is 2.85. The number of aryl methyl sites for hydroxylation is 1. The van der Waals surface area contributed by atoms with Crippen molar-refractivity contribution in [2.45, 2.75) is 6.92 Å². The van der Waals surface area contributed by atoms with Gasteiger partial charge in [-0.1, -0.05) is 30.4 Å². The molecular weight excluding hydrogens is 242 g/mol. The molecule has 1 aromatic carbocycles. The van der Waals surface area contributed by atoms with Crippen molar-refractivity contribution >= 4 is 28.7 Å². The van der Waals surface area contributed by atoms with E-state index in [0.717, 1.165) is 17.1 Å². The Hall–Kier alpha value is -1.94. The molecule has 0 aliphatic carbocycles. The van der Waals surface area contributed by atoms with Gasteiger partial charge in [-0.3, -0.25) is 0 Å². The molecule has 2 N–H and O–H groups in total. The minimum atomic E-state index is 0.368. The van der Waals surface area contributed by atoms with E-state index in [9.17, 15) is 0 Å². The van der Waals surface area contributed by atoms with Crippen molar-refractivity contribution < 1.29 is 0 Å². The molecule has 0 bridgehead atoms. The number of para-hydroxylation sites is 1. The highest BCUT2D eigenvalue weighted by atomic mass is 32.1. The van der Waals surface area contributed by atoms with E-state index in [1.807, 2.05) is 36.2 Å². The van der Waals surface area contributed by atoms with Crippen molar-refractivity contribution in [1.82, 2.24) is 4.98 Å². The number of hydrogen-bond acceptors (Lipinski definition) is 3. The summed E-state index contributed by atoms with van der Waals surface area (Å²) in [5, 5.41) is 0. The first-order valence-electron chi connectivity index (χ1n) is 5.65. The average Bonchev–Trinajstić information content (AvgIpc) is 2.38. The molecule has 0 radical (unpaired) electrons. The van der Waals surface area contributed by atoms with E-state index < -0.39 is 0 Å². The molecule has 18 heavy (non-hydrogen) atoms. The first kappa shape index (κ1) is 12.5. The van der Waals surface area contributed by atoms with Crippen LogP contribution < -0.4 is 10.6 Å². The zero-order valence-electron chi connectivity index (χ0n) is 10.4. The van der Waals surface area contributed by atoms with Gasteiger partial charge in [0.15, 0.2) is 0 Å². The van der Waals surface area contributed by atoms with Crippen LogP contribution >= 0.6 is 12.2 Å². The van der Waals surface area contributed by atoms with Crippen LogP contribution in [0.15, 0.2) is 42.6 Å². The number of rotatable bonds is 3. The zero-order chi connectivity index (χ0) is 13.1. The Bertz CT molecular complexity index is 564. The van der Waals surface area contributed by atoms with Crippen LogP contribution in [0, 0.1) is 6.92 Å². The molecule has 1 heterocycles. The van der Waals surface area contributed by atoms with Gasteiger partial charge in [-0.2, -0.15) is 0 Å².